The standard InChI is InChI=1S/C10H16N2O4/c1-11-12-4-5-16-10(15)9(14)6-8(13)7-2-3-7/h7,11-12H,2-6H2,1H3. The van der Waals surface area contributed by atoms with E-state index in [0.717, 1.165) is 12.8 Å². The Hall–Kier alpha value is -1.27. The van der Waals surface area contributed by atoms with Gasteiger partial charge in [-0.3, -0.25) is 20.4 Å². The molecule has 0 unspecified atom stereocenters. The van der Waals surface area contributed by atoms with Crippen LogP contribution in [-0.2, 0) is 19.1 Å². The van der Waals surface area contributed by atoms with Crippen LogP contribution in [-0.4, -0.2) is 37.7 Å². The second-order valence-electron chi connectivity index (χ2n) is 3.65. The van der Waals surface area contributed by atoms with Crippen LogP contribution in [0.1, 0.15) is 19.3 Å². The summed E-state index contributed by atoms with van der Waals surface area (Å²) in [6.45, 7) is 0.509. The number of hydrazine groups is 1. The summed E-state index contributed by atoms with van der Waals surface area (Å²) >= 11 is 0. The fraction of sp³-hybridized carbons (Fsp3) is 0.700. The Bertz CT molecular complexity index is 287. The first-order valence-corrected chi connectivity index (χ1v) is 5.27. The summed E-state index contributed by atoms with van der Waals surface area (Å²) in [5.74, 6) is -1.81. The van der Waals surface area contributed by atoms with Crippen molar-refractivity contribution in [2.75, 3.05) is 20.2 Å². The average molecular weight is 228 g/mol. The molecule has 6 heteroatoms. The summed E-state index contributed by atoms with van der Waals surface area (Å²) in [5.41, 5.74) is 5.35. The van der Waals surface area contributed by atoms with E-state index in [1.54, 1.807) is 7.05 Å². The van der Waals surface area contributed by atoms with Crippen LogP contribution in [0.25, 0.3) is 0 Å². The number of Topliss-reactive ketones (excluding diaryl/α,β-unsaturated/α-hetero) is 2. The molecule has 1 saturated carbocycles. The highest BCUT2D eigenvalue weighted by molar-refractivity contribution is 6.37. The molecule has 1 aliphatic rings. The highest BCUT2D eigenvalue weighted by Crippen LogP contribution is 2.30. The monoisotopic (exact) mass is 228 g/mol. The molecule has 6 nitrogen and oxygen atoms in total. The number of ketones is 2. The van der Waals surface area contributed by atoms with E-state index < -0.39 is 11.8 Å². The molecule has 0 atom stereocenters. The second-order valence-corrected chi connectivity index (χ2v) is 3.65. The largest absolute Gasteiger partial charge is 0.459 e. The molecule has 0 aromatic rings. The molecule has 0 radical (unpaired) electrons. The van der Waals surface area contributed by atoms with Gasteiger partial charge in [0.25, 0.3) is 0 Å². The number of nitrogens with one attached hydrogen (secondary N) is 2. The summed E-state index contributed by atoms with van der Waals surface area (Å²) < 4.78 is 4.66. The molecule has 16 heavy (non-hydrogen) atoms. The molecule has 0 heterocycles. The van der Waals surface area contributed by atoms with Crippen molar-refractivity contribution >= 4 is 17.5 Å². The third-order valence-electron chi connectivity index (χ3n) is 2.23. The van der Waals surface area contributed by atoms with Crippen molar-refractivity contribution in [3.05, 3.63) is 0 Å². The van der Waals surface area contributed by atoms with Gasteiger partial charge in [-0.15, -0.1) is 0 Å². The van der Waals surface area contributed by atoms with Gasteiger partial charge in [0, 0.05) is 12.5 Å². The van der Waals surface area contributed by atoms with Gasteiger partial charge in [0.1, 0.15) is 12.4 Å². The summed E-state index contributed by atoms with van der Waals surface area (Å²) in [5, 5.41) is 0. The Morgan fingerprint density at radius 2 is 2.00 bits per heavy atom. The normalized spacial score (nSPS) is 14.6. The zero-order valence-corrected chi connectivity index (χ0v) is 9.25. The zero-order valence-electron chi connectivity index (χ0n) is 9.25. The molecule has 0 aromatic carbocycles. The van der Waals surface area contributed by atoms with E-state index in [1.165, 1.54) is 0 Å². The van der Waals surface area contributed by atoms with Crippen LogP contribution in [0.4, 0.5) is 0 Å². The minimum absolute atomic E-state index is 0.00251. The number of carbonyl (C=O) groups excluding carboxylic acids is 3. The molecular weight excluding hydrogens is 212 g/mol. The smallest absolute Gasteiger partial charge is 0.375 e. The zero-order chi connectivity index (χ0) is 12.0. The molecule has 0 amide bonds. The van der Waals surface area contributed by atoms with Crippen LogP contribution >= 0.6 is 0 Å². The fourth-order valence-electron chi connectivity index (χ4n) is 1.18. The quantitative estimate of drug-likeness (QED) is 0.186. The molecule has 1 rings (SSSR count). The van der Waals surface area contributed by atoms with Crippen LogP contribution in [0.15, 0.2) is 0 Å². The van der Waals surface area contributed by atoms with E-state index in [4.69, 9.17) is 0 Å². The van der Waals surface area contributed by atoms with E-state index in [-0.39, 0.29) is 24.7 Å². The van der Waals surface area contributed by atoms with Crippen molar-refractivity contribution in [3.8, 4) is 0 Å². The molecule has 0 spiro atoms. The first kappa shape index (κ1) is 12.8. The van der Waals surface area contributed by atoms with Crippen molar-refractivity contribution in [3.63, 3.8) is 0 Å². The van der Waals surface area contributed by atoms with Gasteiger partial charge in [0.2, 0.25) is 5.78 Å². The fourth-order valence-corrected chi connectivity index (χ4v) is 1.18. The van der Waals surface area contributed by atoms with Crippen molar-refractivity contribution in [1.29, 1.82) is 0 Å². The number of rotatable bonds is 8. The Kier molecular flexibility index (Phi) is 5.07. The lowest BCUT2D eigenvalue weighted by Crippen LogP contribution is -2.32. The number of carbonyl (C=O) groups is 3. The molecule has 1 fully saturated rings. The maximum Gasteiger partial charge on any atom is 0.375 e. The van der Waals surface area contributed by atoms with Gasteiger partial charge in [-0.25, -0.2) is 4.79 Å². The van der Waals surface area contributed by atoms with Gasteiger partial charge in [-0.2, -0.15) is 0 Å². The minimum Gasteiger partial charge on any atom is -0.459 e. The number of hydrogen-bond donors (Lipinski definition) is 2. The SMILES string of the molecule is CNNCCOC(=O)C(=O)CC(=O)C1CC1. The lowest BCUT2D eigenvalue weighted by atomic mass is 10.1. The van der Waals surface area contributed by atoms with E-state index in [9.17, 15) is 14.4 Å². The molecule has 1 aliphatic carbocycles. The summed E-state index contributed by atoms with van der Waals surface area (Å²) in [4.78, 5) is 33.6. The maximum absolute atomic E-state index is 11.2. The molecule has 0 aromatic heterocycles. The maximum atomic E-state index is 11.2. The summed E-state index contributed by atoms with van der Waals surface area (Å²) in [7, 11) is 1.68. The minimum atomic E-state index is -0.924. The molecule has 2 N–H and O–H groups in total. The van der Waals surface area contributed by atoms with Gasteiger partial charge in [0.05, 0.1) is 6.42 Å². The second kappa shape index (κ2) is 6.34. The van der Waals surface area contributed by atoms with Crippen LogP contribution in [0, 0.1) is 5.92 Å². The van der Waals surface area contributed by atoms with Crippen molar-refractivity contribution in [2.45, 2.75) is 19.3 Å². The topological polar surface area (TPSA) is 84.5 Å². The Morgan fingerprint density at radius 1 is 1.31 bits per heavy atom. The van der Waals surface area contributed by atoms with Crippen molar-refractivity contribution in [1.82, 2.24) is 10.9 Å². The third-order valence-corrected chi connectivity index (χ3v) is 2.23. The predicted molar refractivity (Wildman–Crippen MR) is 55.4 cm³/mol. The summed E-state index contributed by atoms with van der Waals surface area (Å²) in [6, 6.07) is 0. The molecule has 0 aliphatic heterocycles. The highest BCUT2D eigenvalue weighted by Gasteiger charge is 2.32. The van der Waals surface area contributed by atoms with Crippen molar-refractivity contribution in [2.24, 2.45) is 5.92 Å². The van der Waals surface area contributed by atoms with E-state index >= 15 is 0 Å². The Balaban J connectivity index is 2.14. The van der Waals surface area contributed by atoms with Crippen LogP contribution in [0.3, 0.4) is 0 Å². The van der Waals surface area contributed by atoms with Gasteiger partial charge >= 0.3 is 5.97 Å². The molecule has 0 bridgehead atoms. The first-order chi connectivity index (χ1) is 7.65. The molecule has 90 valence electrons. The Labute approximate surface area is 93.7 Å². The third kappa shape index (κ3) is 4.50. The van der Waals surface area contributed by atoms with Gasteiger partial charge < -0.3 is 4.74 Å². The van der Waals surface area contributed by atoms with E-state index in [1.807, 2.05) is 0 Å². The average Bonchev–Trinajstić information content (AvgIpc) is 3.07. The lowest BCUT2D eigenvalue weighted by molar-refractivity contribution is -0.154. The predicted octanol–water partition coefficient (Wildman–Crippen LogP) is -0.808. The molecule has 0 saturated heterocycles. The van der Waals surface area contributed by atoms with E-state index in [2.05, 4.69) is 15.6 Å². The highest BCUT2D eigenvalue weighted by atomic mass is 16.5. The number of ether oxygens (including phenoxy) is 1. The Morgan fingerprint density at radius 3 is 2.56 bits per heavy atom. The van der Waals surface area contributed by atoms with Crippen LogP contribution in [0.5, 0.6) is 0 Å². The van der Waals surface area contributed by atoms with Gasteiger partial charge in [0.15, 0.2) is 0 Å². The lowest BCUT2D eigenvalue weighted by Gasteiger charge is -2.04. The summed E-state index contributed by atoms with van der Waals surface area (Å²) in [6.07, 6.45) is 1.36. The van der Waals surface area contributed by atoms with Crippen molar-refractivity contribution < 1.29 is 19.1 Å². The van der Waals surface area contributed by atoms with Gasteiger partial charge in [-0.05, 0) is 19.9 Å². The number of esters is 1. The number of hydrogen-bond acceptors (Lipinski definition) is 6. The van der Waals surface area contributed by atoms with Gasteiger partial charge in [-0.1, -0.05) is 0 Å². The first-order valence-electron chi connectivity index (χ1n) is 5.27. The van der Waals surface area contributed by atoms with E-state index in [0.29, 0.717) is 6.54 Å². The van der Waals surface area contributed by atoms with Crippen LogP contribution in [0.2, 0.25) is 0 Å². The van der Waals surface area contributed by atoms with Crippen LogP contribution < -0.4 is 10.9 Å². The molecular formula is C10H16N2O4.